The highest BCUT2D eigenvalue weighted by Crippen LogP contribution is 2.54. The van der Waals surface area contributed by atoms with Crippen molar-refractivity contribution in [3.05, 3.63) is 23.0 Å². The van der Waals surface area contributed by atoms with E-state index in [1.165, 1.54) is 12.7 Å². The van der Waals surface area contributed by atoms with E-state index in [1.54, 1.807) is 4.90 Å². The number of carbonyl (C=O) groups excluding carboxylic acids is 2. The van der Waals surface area contributed by atoms with Gasteiger partial charge in [-0.1, -0.05) is 33.3 Å². The Morgan fingerprint density at radius 2 is 1.77 bits per heavy atom. The Bertz CT molecular complexity index is 830. The normalized spacial score (nSPS) is 26.3. The van der Waals surface area contributed by atoms with Gasteiger partial charge in [-0.25, -0.2) is 9.59 Å². The fourth-order valence-electron chi connectivity index (χ4n) is 4.69. The second-order valence-corrected chi connectivity index (χ2v) is 16.3. The quantitative estimate of drug-likeness (QED) is 0.314. The van der Waals surface area contributed by atoms with Gasteiger partial charge >= 0.3 is 12.1 Å². The van der Waals surface area contributed by atoms with Crippen molar-refractivity contribution in [1.29, 1.82) is 0 Å². The van der Waals surface area contributed by atoms with Crippen LogP contribution >= 0.6 is 0 Å². The minimum Gasteiger partial charge on any atom is -0.546 e. The minimum atomic E-state index is -2.19. The van der Waals surface area contributed by atoms with E-state index >= 15 is 0 Å². The minimum absolute atomic E-state index is 0.0108. The lowest BCUT2D eigenvalue weighted by Gasteiger charge is -2.50. The maximum absolute atomic E-state index is 13.4. The molecule has 1 amide bonds. The maximum atomic E-state index is 13.4. The van der Waals surface area contributed by atoms with Gasteiger partial charge in [-0.2, -0.15) is 0 Å². The Labute approximate surface area is 188 Å². The van der Waals surface area contributed by atoms with Crippen molar-refractivity contribution in [1.82, 2.24) is 4.90 Å². The van der Waals surface area contributed by atoms with Crippen LogP contribution in [0, 0.1) is 0 Å². The van der Waals surface area contributed by atoms with E-state index in [0.29, 0.717) is 17.8 Å². The number of amides is 1. The highest BCUT2D eigenvalue weighted by Gasteiger charge is 2.59. The molecule has 2 bridgehead atoms. The molecule has 0 radical (unpaired) electrons. The first kappa shape index (κ1) is 23.9. The van der Waals surface area contributed by atoms with Crippen LogP contribution in [0.3, 0.4) is 0 Å². The van der Waals surface area contributed by atoms with E-state index in [0.717, 1.165) is 25.7 Å². The van der Waals surface area contributed by atoms with Gasteiger partial charge in [-0.3, -0.25) is 4.90 Å². The molecule has 2 atom stereocenters. The Morgan fingerprint density at radius 1 is 1.13 bits per heavy atom. The molecule has 31 heavy (non-hydrogen) atoms. The number of hydrogen-bond donors (Lipinski definition) is 0. The fraction of sp³-hybridized carbons (Fsp3) is 0.750. The van der Waals surface area contributed by atoms with E-state index < -0.39 is 31.5 Å². The van der Waals surface area contributed by atoms with E-state index in [-0.39, 0.29) is 11.1 Å². The predicted octanol–water partition coefficient (Wildman–Crippen LogP) is 5.70. The summed E-state index contributed by atoms with van der Waals surface area (Å²) in [5.41, 5.74) is 0.589. The number of esters is 1. The van der Waals surface area contributed by atoms with Crippen LogP contribution in [0.5, 0.6) is 0 Å². The smallest absolute Gasteiger partial charge is 0.411 e. The summed E-state index contributed by atoms with van der Waals surface area (Å²) in [4.78, 5) is 28.2. The third-order valence-corrected chi connectivity index (χ3v) is 11.6. The number of rotatable bonds is 3. The lowest BCUT2D eigenvalue weighted by Crippen LogP contribution is -2.59. The van der Waals surface area contributed by atoms with Gasteiger partial charge in [0.1, 0.15) is 5.60 Å². The third kappa shape index (κ3) is 4.17. The van der Waals surface area contributed by atoms with Gasteiger partial charge < -0.3 is 13.9 Å². The van der Waals surface area contributed by atoms with Crippen LogP contribution in [0.25, 0.3) is 0 Å². The number of hydrogen-bond acceptors (Lipinski definition) is 5. The second kappa shape index (κ2) is 7.68. The van der Waals surface area contributed by atoms with Crippen LogP contribution in [0.4, 0.5) is 4.79 Å². The van der Waals surface area contributed by atoms with Crippen molar-refractivity contribution >= 4 is 20.4 Å². The Morgan fingerprint density at radius 3 is 2.32 bits per heavy atom. The van der Waals surface area contributed by atoms with Crippen LogP contribution in [-0.4, -0.2) is 49.6 Å². The molecule has 1 saturated carbocycles. The molecule has 1 aliphatic carbocycles. The first-order valence-electron chi connectivity index (χ1n) is 11.4. The van der Waals surface area contributed by atoms with Crippen molar-refractivity contribution in [3.8, 4) is 0 Å². The molecule has 6 nitrogen and oxygen atoms in total. The van der Waals surface area contributed by atoms with Gasteiger partial charge in [0.15, 0.2) is 0 Å². The molecular formula is C24H39NO5Si. The van der Waals surface area contributed by atoms with E-state index in [2.05, 4.69) is 39.9 Å². The zero-order valence-corrected chi connectivity index (χ0v) is 21.7. The number of carbonyl (C=O) groups is 2. The number of nitrogens with zero attached hydrogens (tertiary/aromatic N) is 1. The second-order valence-electron chi connectivity index (χ2n) is 11.6. The van der Waals surface area contributed by atoms with Gasteiger partial charge in [0.25, 0.3) is 0 Å². The number of ether oxygens (including phenoxy) is 2. The van der Waals surface area contributed by atoms with Gasteiger partial charge in [0, 0.05) is 6.42 Å². The summed E-state index contributed by atoms with van der Waals surface area (Å²) in [6.07, 6.45) is 6.13. The molecule has 0 aromatic heterocycles. The van der Waals surface area contributed by atoms with E-state index in [9.17, 15) is 9.59 Å². The lowest BCUT2D eigenvalue weighted by molar-refractivity contribution is -0.137. The summed E-state index contributed by atoms with van der Waals surface area (Å²) in [6.45, 7) is 16.5. The average molecular weight is 450 g/mol. The summed E-state index contributed by atoms with van der Waals surface area (Å²) >= 11 is 0. The molecular weight excluding hydrogens is 410 g/mol. The first-order chi connectivity index (χ1) is 14.1. The van der Waals surface area contributed by atoms with Gasteiger partial charge in [-0.05, 0) is 63.7 Å². The summed E-state index contributed by atoms with van der Waals surface area (Å²) in [7, 11) is -0.809. The van der Waals surface area contributed by atoms with Crippen molar-refractivity contribution in [3.63, 3.8) is 0 Å². The van der Waals surface area contributed by atoms with Crippen molar-refractivity contribution in [2.45, 2.75) is 109 Å². The highest BCUT2D eigenvalue weighted by atomic mass is 28.4. The number of methoxy groups -OCH3 is 1. The third-order valence-electron chi connectivity index (χ3n) is 7.21. The van der Waals surface area contributed by atoms with E-state index in [1.807, 2.05) is 20.8 Å². The molecule has 174 valence electrons. The molecule has 0 N–H and O–H groups in total. The van der Waals surface area contributed by atoms with Crippen LogP contribution < -0.4 is 0 Å². The van der Waals surface area contributed by atoms with Crippen LogP contribution in [-0.2, 0) is 18.7 Å². The summed E-state index contributed by atoms with van der Waals surface area (Å²) in [6, 6.07) is -0.510. The zero-order chi connectivity index (χ0) is 23.4. The number of fused-ring (bicyclic) bond motifs is 1. The molecule has 2 heterocycles. The molecule has 7 heteroatoms. The van der Waals surface area contributed by atoms with Crippen LogP contribution in [0.15, 0.2) is 23.0 Å². The Hall–Kier alpha value is -1.76. The summed E-state index contributed by atoms with van der Waals surface area (Å²) in [5, 5.41) is -0.0108. The van der Waals surface area contributed by atoms with Gasteiger partial charge in [0.2, 0.25) is 8.32 Å². The van der Waals surface area contributed by atoms with E-state index in [4.69, 9.17) is 13.9 Å². The average Bonchev–Trinajstić information content (AvgIpc) is 2.85. The zero-order valence-electron chi connectivity index (χ0n) is 20.7. The fourth-order valence-corrected chi connectivity index (χ4v) is 5.80. The van der Waals surface area contributed by atoms with Crippen LogP contribution in [0.1, 0.15) is 73.6 Å². The SMILES string of the molecule is COC(=O)C1=C(O[Si](C)(C)C(C)(C)C)C[C@]23CCCCC2=C[C@H]1N3C(=O)OC(C)(C)C. The lowest BCUT2D eigenvalue weighted by atomic mass is 9.74. The standard InChI is InChI=1S/C24H39NO5Si/c1-22(2,3)29-21(27)25-17-14-16-12-10-11-13-24(16,25)15-18(19(17)20(26)28-7)30-31(8,9)23(4,5)6/h14,17H,10-13,15H2,1-9H3/t17-,24-/m1/s1. The van der Waals surface area contributed by atoms with Crippen LogP contribution in [0.2, 0.25) is 18.1 Å². The molecule has 3 aliphatic rings. The summed E-state index contributed by atoms with van der Waals surface area (Å²) in [5.74, 6) is 0.272. The molecule has 1 spiro atoms. The van der Waals surface area contributed by atoms with Gasteiger partial charge in [-0.15, -0.1) is 0 Å². The molecule has 0 aromatic rings. The molecule has 2 aliphatic heterocycles. The van der Waals surface area contributed by atoms with Crippen molar-refractivity contribution in [2.24, 2.45) is 0 Å². The first-order valence-corrected chi connectivity index (χ1v) is 14.3. The molecule has 3 rings (SSSR count). The highest BCUT2D eigenvalue weighted by molar-refractivity contribution is 6.74. The maximum Gasteiger partial charge on any atom is 0.411 e. The van der Waals surface area contributed by atoms with Crippen molar-refractivity contribution in [2.75, 3.05) is 7.11 Å². The topological polar surface area (TPSA) is 65.1 Å². The molecule has 0 unspecified atom stereocenters. The predicted molar refractivity (Wildman–Crippen MR) is 123 cm³/mol. The Kier molecular flexibility index (Phi) is 5.92. The van der Waals surface area contributed by atoms with Gasteiger partial charge in [0.05, 0.1) is 30.0 Å². The largest absolute Gasteiger partial charge is 0.546 e. The molecule has 1 fully saturated rings. The van der Waals surface area contributed by atoms with Crippen molar-refractivity contribution < 1.29 is 23.5 Å². The Balaban J connectivity index is 2.12. The molecule has 0 saturated heterocycles. The monoisotopic (exact) mass is 449 g/mol. The molecule has 0 aromatic carbocycles. The summed E-state index contributed by atoms with van der Waals surface area (Å²) < 4.78 is 17.7.